The normalized spacial score (nSPS) is 10.8. The van der Waals surface area contributed by atoms with E-state index in [1.54, 1.807) is 37.4 Å². The van der Waals surface area contributed by atoms with Crippen molar-refractivity contribution >= 4 is 45.1 Å². The molecule has 0 aliphatic heterocycles. The minimum atomic E-state index is -0.408. The van der Waals surface area contributed by atoms with Gasteiger partial charge in [0.25, 0.3) is 11.8 Å². The molecule has 0 aromatic heterocycles. The summed E-state index contributed by atoms with van der Waals surface area (Å²) >= 11 is 8.39. The first-order valence-electron chi connectivity index (χ1n) is 8.47. The summed E-state index contributed by atoms with van der Waals surface area (Å²) in [6.07, 6.45) is 0. The predicted octanol–water partition coefficient (Wildman–Crippen LogP) is 3.70. The molecule has 148 valence electrons. The summed E-state index contributed by atoms with van der Waals surface area (Å²) in [6, 6.07) is 12.2. The summed E-state index contributed by atoms with van der Waals surface area (Å²) < 4.78 is 5.78. The van der Waals surface area contributed by atoms with Crippen molar-refractivity contribution in [3.05, 3.63) is 63.6 Å². The molecule has 0 radical (unpaired) electrons. The maximum absolute atomic E-state index is 12.3. The third-order valence-corrected chi connectivity index (χ3v) is 4.77. The molecule has 2 aromatic rings. The lowest BCUT2D eigenvalue weighted by Gasteiger charge is -2.19. The Kier molecular flexibility index (Phi) is 7.15. The highest BCUT2D eigenvalue weighted by Gasteiger charge is 2.15. The Labute approximate surface area is 178 Å². The number of amides is 2. The van der Waals surface area contributed by atoms with Crippen LogP contribution in [-0.2, 0) is 5.41 Å². The summed E-state index contributed by atoms with van der Waals surface area (Å²) in [6.45, 7) is 6.31. The van der Waals surface area contributed by atoms with Crippen LogP contribution >= 0.6 is 28.1 Å². The zero-order chi connectivity index (χ0) is 20.9. The largest absolute Gasteiger partial charge is 0.496 e. The average Bonchev–Trinajstić information content (AvgIpc) is 2.65. The fourth-order valence-electron chi connectivity index (χ4n) is 2.32. The van der Waals surface area contributed by atoms with Gasteiger partial charge in [-0.05, 0) is 69.5 Å². The standard InChI is InChI=1S/C20H22BrN3O3S/c1-20(2,3)14-8-5-12(6-9-14)17(25)22-19(28)24-23-18(26)13-7-10-16(27-4)15(21)11-13/h5-11H,1-4H3,(H,23,26)(H2,22,24,25,28). The molecule has 0 atom stereocenters. The number of ether oxygens (including phenoxy) is 1. The number of thiocarbonyl (C=S) groups is 1. The number of nitrogens with one attached hydrogen (secondary N) is 3. The smallest absolute Gasteiger partial charge is 0.269 e. The molecular weight excluding hydrogens is 442 g/mol. The van der Waals surface area contributed by atoms with Crippen molar-refractivity contribution in [3.63, 3.8) is 0 Å². The first kappa shape index (κ1) is 21.8. The van der Waals surface area contributed by atoms with Crippen LogP contribution in [0.3, 0.4) is 0 Å². The van der Waals surface area contributed by atoms with Gasteiger partial charge in [-0.15, -0.1) is 0 Å². The topological polar surface area (TPSA) is 79.5 Å². The molecule has 0 saturated heterocycles. The molecule has 0 saturated carbocycles. The molecule has 3 N–H and O–H groups in total. The molecular formula is C20H22BrN3O3S. The molecule has 2 rings (SSSR count). The maximum atomic E-state index is 12.3. The van der Waals surface area contributed by atoms with Gasteiger partial charge in [0.05, 0.1) is 11.6 Å². The summed E-state index contributed by atoms with van der Waals surface area (Å²) in [4.78, 5) is 24.5. The van der Waals surface area contributed by atoms with Gasteiger partial charge in [-0.3, -0.25) is 25.8 Å². The lowest BCUT2D eigenvalue weighted by atomic mass is 9.87. The Morgan fingerprint density at radius 1 is 0.964 bits per heavy atom. The number of methoxy groups -OCH3 is 1. The highest BCUT2D eigenvalue weighted by Crippen LogP contribution is 2.25. The molecule has 2 amide bonds. The number of carbonyl (C=O) groups is 2. The molecule has 0 bridgehead atoms. The van der Waals surface area contributed by atoms with Gasteiger partial charge in [0.1, 0.15) is 5.75 Å². The van der Waals surface area contributed by atoms with Gasteiger partial charge < -0.3 is 4.74 Å². The van der Waals surface area contributed by atoms with E-state index in [-0.39, 0.29) is 16.4 Å². The van der Waals surface area contributed by atoms with Crippen molar-refractivity contribution in [2.24, 2.45) is 0 Å². The zero-order valence-corrected chi connectivity index (χ0v) is 18.5. The van der Waals surface area contributed by atoms with E-state index in [0.29, 0.717) is 21.3 Å². The Morgan fingerprint density at radius 3 is 2.11 bits per heavy atom. The molecule has 8 heteroatoms. The highest BCUT2D eigenvalue weighted by atomic mass is 79.9. The second-order valence-electron chi connectivity index (χ2n) is 7.04. The number of carbonyl (C=O) groups excluding carboxylic acids is 2. The Hall–Kier alpha value is -2.45. The van der Waals surface area contributed by atoms with Gasteiger partial charge in [0.15, 0.2) is 5.11 Å². The Bertz CT molecular complexity index is 893. The van der Waals surface area contributed by atoms with Crippen LogP contribution < -0.4 is 20.9 Å². The van der Waals surface area contributed by atoms with Crippen LogP contribution in [0.4, 0.5) is 0 Å². The van der Waals surface area contributed by atoms with Crippen LogP contribution in [0, 0.1) is 0 Å². The number of rotatable bonds is 3. The molecule has 6 nitrogen and oxygen atoms in total. The summed E-state index contributed by atoms with van der Waals surface area (Å²) in [5.74, 6) is -0.154. The second kappa shape index (κ2) is 9.16. The zero-order valence-electron chi connectivity index (χ0n) is 16.1. The predicted molar refractivity (Wildman–Crippen MR) is 117 cm³/mol. The first-order chi connectivity index (χ1) is 13.1. The lowest BCUT2D eigenvalue weighted by molar-refractivity contribution is 0.0934. The number of hydrogen-bond acceptors (Lipinski definition) is 4. The van der Waals surface area contributed by atoms with Crippen LogP contribution in [-0.4, -0.2) is 24.0 Å². The van der Waals surface area contributed by atoms with E-state index in [1.807, 2.05) is 12.1 Å². The van der Waals surface area contributed by atoms with Crippen LogP contribution in [0.1, 0.15) is 47.1 Å². The van der Waals surface area contributed by atoms with Crippen molar-refractivity contribution in [2.45, 2.75) is 26.2 Å². The van der Waals surface area contributed by atoms with E-state index in [4.69, 9.17) is 17.0 Å². The minimum absolute atomic E-state index is 0.00654. The molecule has 0 spiro atoms. The SMILES string of the molecule is COc1ccc(C(=O)NNC(=S)NC(=O)c2ccc(C(C)(C)C)cc2)cc1Br. The Morgan fingerprint density at radius 2 is 1.57 bits per heavy atom. The summed E-state index contributed by atoms with van der Waals surface area (Å²) in [5, 5.41) is 2.52. The average molecular weight is 464 g/mol. The van der Waals surface area contributed by atoms with E-state index in [2.05, 4.69) is 52.9 Å². The second-order valence-corrected chi connectivity index (χ2v) is 8.30. The first-order valence-corrected chi connectivity index (χ1v) is 9.67. The maximum Gasteiger partial charge on any atom is 0.269 e. The van der Waals surface area contributed by atoms with Crippen molar-refractivity contribution in [1.82, 2.24) is 16.2 Å². The lowest BCUT2D eigenvalue weighted by Crippen LogP contribution is -2.48. The molecule has 2 aromatic carbocycles. The molecule has 0 fully saturated rings. The number of hydrazine groups is 1. The Balaban J connectivity index is 1.90. The van der Waals surface area contributed by atoms with Crippen LogP contribution in [0.5, 0.6) is 5.75 Å². The number of hydrogen-bond donors (Lipinski definition) is 3. The third kappa shape index (κ3) is 5.77. The quantitative estimate of drug-likeness (QED) is 0.477. The van der Waals surface area contributed by atoms with E-state index in [1.165, 1.54) is 0 Å². The van der Waals surface area contributed by atoms with E-state index in [9.17, 15) is 9.59 Å². The fraction of sp³-hybridized carbons (Fsp3) is 0.250. The fourth-order valence-corrected chi connectivity index (χ4v) is 3.01. The van der Waals surface area contributed by atoms with Gasteiger partial charge >= 0.3 is 0 Å². The molecule has 28 heavy (non-hydrogen) atoms. The van der Waals surface area contributed by atoms with Crippen molar-refractivity contribution in [1.29, 1.82) is 0 Å². The molecule has 0 heterocycles. The van der Waals surface area contributed by atoms with Crippen LogP contribution in [0.2, 0.25) is 0 Å². The van der Waals surface area contributed by atoms with Gasteiger partial charge in [-0.2, -0.15) is 0 Å². The molecule has 0 aliphatic rings. The van der Waals surface area contributed by atoms with Gasteiger partial charge in [0.2, 0.25) is 0 Å². The molecule has 0 unspecified atom stereocenters. The van der Waals surface area contributed by atoms with Crippen molar-refractivity contribution in [2.75, 3.05) is 7.11 Å². The van der Waals surface area contributed by atoms with Crippen LogP contribution in [0.25, 0.3) is 0 Å². The summed E-state index contributed by atoms with van der Waals surface area (Å²) in [7, 11) is 1.54. The van der Waals surface area contributed by atoms with E-state index in [0.717, 1.165) is 5.56 Å². The van der Waals surface area contributed by atoms with Gasteiger partial charge in [0, 0.05) is 11.1 Å². The highest BCUT2D eigenvalue weighted by molar-refractivity contribution is 9.10. The van der Waals surface area contributed by atoms with Crippen LogP contribution in [0.15, 0.2) is 46.9 Å². The minimum Gasteiger partial charge on any atom is -0.496 e. The van der Waals surface area contributed by atoms with Crippen molar-refractivity contribution in [3.8, 4) is 5.75 Å². The molecule has 0 aliphatic carbocycles. The third-order valence-electron chi connectivity index (χ3n) is 3.94. The van der Waals surface area contributed by atoms with E-state index < -0.39 is 5.91 Å². The van der Waals surface area contributed by atoms with Gasteiger partial charge in [-0.1, -0.05) is 32.9 Å². The van der Waals surface area contributed by atoms with Gasteiger partial charge in [-0.25, -0.2) is 0 Å². The van der Waals surface area contributed by atoms with E-state index >= 15 is 0 Å². The van der Waals surface area contributed by atoms with Crippen molar-refractivity contribution < 1.29 is 14.3 Å². The number of benzene rings is 2. The monoisotopic (exact) mass is 463 g/mol. The number of halogens is 1. The summed E-state index contributed by atoms with van der Waals surface area (Å²) in [5.41, 5.74) is 6.97.